The molecule has 0 saturated heterocycles. The first-order chi connectivity index (χ1) is 9.33. The zero-order valence-electron chi connectivity index (χ0n) is 10.5. The largest absolute Gasteiger partial charge is 0.398 e. The van der Waals surface area contributed by atoms with E-state index in [0.29, 0.717) is 12.2 Å². The summed E-state index contributed by atoms with van der Waals surface area (Å²) in [5.74, 6) is 0. The second kappa shape index (κ2) is 5.51. The summed E-state index contributed by atoms with van der Waals surface area (Å²) >= 11 is 11.7. The number of nitrogens with two attached hydrogens (primary N) is 1. The molecule has 0 fully saturated rings. The number of aryl methyl sites for hydroxylation is 1. The van der Waals surface area contributed by atoms with Crippen LogP contribution in [-0.4, -0.2) is 18.2 Å². The molecule has 108 valence electrons. The summed E-state index contributed by atoms with van der Waals surface area (Å²) in [6.07, 6.45) is 2.97. The van der Waals surface area contributed by atoms with Gasteiger partial charge in [0.2, 0.25) is 0 Å². The van der Waals surface area contributed by atoms with Crippen molar-refractivity contribution < 1.29 is 8.42 Å². The predicted octanol–water partition coefficient (Wildman–Crippen LogP) is 2.59. The number of hydrogen-bond acceptors (Lipinski definition) is 4. The van der Waals surface area contributed by atoms with Crippen molar-refractivity contribution in [2.24, 2.45) is 0 Å². The topological polar surface area (TPSA) is 90.0 Å². The van der Waals surface area contributed by atoms with Crippen molar-refractivity contribution in [3.8, 4) is 0 Å². The highest BCUT2D eigenvalue weighted by atomic mass is 35.5. The van der Waals surface area contributed by atoms with Crippen LogP contribution in [0.3, 0.4) is 0 Å². The number of benzene rings is 1. The number of rotatable bonds is 4. The molecule has 0 radical (unpaired) electrons. The Morgan fingerprint density at radius 1 is 1.40 bits per heavy atom. The van der Waals surface area contributed by atoms with Gasteiger partial charge in [-0.3, -0.25) is 9.40 Å². The van der Waals surface area contributed by atoms with Crippen LogP contribution in [0.15, 0.2) is 29.4 Å². The minimum absolute atomic E-state index is 0.0158. The van der Waals surface area contributed by atoms with Crippen LogP contribution in [-0.2, 0) is 16.6 Å². The summed E-state index contributed by atoms with van der Waals surface area (Å²) < 4.78 is 28.6. The fourth-order valence-corrected chi connectivity index (χ4v) is 3.68. The van der Waals surface area contributed by atoms with E-state index in [4.69, 9.17) is 28.9 Å². The quantitative estimate of drug-likeness (QED) is 0.841. The first-order valence-electron chi connectivity index (χ1n) is 5.63. The monoisotopic (exact) mass is 334 g/mol. The Bertz CT molecular complexity index is 720. The standard InChI is InChI=1S/C11H12Cl2N4O2S/c1-2-17-6-8(5-15-17)16-20(18,19)11-9(13)3-7(12)4-10(11)14/h3-6,16H,2,14H2,1H3. The summed E-state index contributed by atoms with van der Waals surface area (Å²) in [6.45, 7) is 2.52. The first-order valence-corrected chi connectivity index (χ1v) is 7.87. The zero-order valence-corrected chi connectivity index (χ0v) is 12.8. The van der Waals surface area contributed by atoms with Gasteiger partial charge in [0, 0.05) is 17.8 Å². The van der Waals surface area contributed by atoms with Gasteiger partial charge >= 0.3 is 0 Å². The number of nitrogen functional groups attached to an aromatic ring is 1. The van der Waals surface area contributed by atoms with Crippen LogP contribution in [0.2, 0.25) is 10.0 Å². The summed E-state index contributed by atoms with van der Waals surface area (Å²) in [4.78, 5) is -0.201. The van der Waals surface area contributed by atoms with Crippen LogP contribution in [0, 0.1) is 0 Å². The molecular weight excluding hydrogens is 323 g/mol. The van der Waals surface area contributed by atoms with Gasteiger partial charge in [0.15, 0.2) is 0 Å². The number of aromatic nitrogens is 2. The van der Waals surface area contributed by atoms with Gasteiger partial charge in [0.25, 0.3) is 10.0 Å². The molecule has 1 heterocycles. The molecule has 1 aromatic carbocycles. The molecule has 20 heavy (non-hydrogen) atoms. The number of hydrogen-bond donors (Lipinski definition) is 2. The number of sulfonamides is 1. The highest BCUT2D eigenvalue weighted by molar-refractivity contribution is 7.93. The lowest BCUT2D eigenvalue weighted by Crippen LogP contribution is -2.15. The Morgan fingerprint density at radius 3 is 2.65 bits per heavy atom. The van der Waals surface area contributed by atoms with Crippen LogP contribution in [0.1, 0.15) is 6.92 Å². The fourth-order valence-electron chi connectivity index (χ4n) is 1.66. The van der Waals surface area contributed by atoms with Gasteiger partial charge in [-0.25, -0.2) is 8.42 Å². The van der Waals surface area contributed by atoms with Gasteiger partial charge in [-0.05, 0) is 19.1 Å². The van der Waals surface area contributed by atoms with Crippen molar-refractivity contribution in [1.29, 1.82) is 0 Å². The van der Waals surface area contributed by atoms with E-state index >= 15 is 0 Å². The number of anilines is 2. The Morgan fingerprint density at radius 2 is 2.10 bits per heavy atom. The minimum atomic E-state index is -3.91. The van der Waals surface area contributed by atoms with Crippen molar-refractivity contribution in [3.63, 3.8) is 0 Å². The molecule has 0 atom stereocenters. The smallest absolute Gasteiger partial charge is 0.265 e. The Balaban J connectivity index is 2.40. The molecule has 0 unspecified atom stereocenters. The van der Waals surface area contributed by atoms with Crippen molar-refractivity contribution in [3.05, 3.63) is 34.6 Å². The van der Waals surface area contributed by atoms with Crippen LogP contribution in [0.25, 0.3) is 0 Å². The highest BCUT2D eigenvalue weighted by Gasteiger charge is 2.22. The number of nitrogens with zero attached hydrogens (tertiary/aromatic N) is 2. The molecule has 0 aliphatic heterocycles. The molecule has 2 aromatic rings. The number of nitrogens with one attached hydrogen (secondary N) is 1. The summed E-state index contributed by atoms with van der Waals surface area (Å²) in [5.41, 5.74) is 6.00. The third-order valence-corrected chi connectivity index (χ3v) is 4.64. The lowest BCUT2D eigenvalue weighted by molar-refractivity contribution is 0.601. The number of halogens is 2. The van der Waals surface area contributed by atoms with Gasteiger partial charge < -0.3 is 5.73 Å². The molecule has 6 nitrogen and oxygen atoms in total. The third-order valence-electron chi connectivity index (χ3n) is 2.52. The molecule has 0 aliphatic rings. The first kappa shape index (κ1) is 15.0. The van der Waals surface area contributed by atoms with Crippen molar-refractivity contribution >= 4 is 44.6 Å². The molecule has 1 aromatic heterocycles. The fraction of sp³-hybridized carbons (Fsp3) is 0.182. The summed E-state index contributed by atoms with van der Waals surface area (Å²) in [7, 11) is -3.91. The van der Waals surface area contributed by atoms with E-state index in [9.17, 15) is 8.42 Å². The second-order valence-electron chi connectivity index (χ2n) is 4.00. The molecule has 0 bridgehead atoms. The molecule has 3 N–H and O–H groups in total. The van der Waals surface area contributed by atoms with Gasteiger partial charge in [-0.15, -0.1) is 0 Å². The second-order valence-corrected chi connectivity index (χ2v) is 6.46. The maximum atomic E-state index is 12.3. The maximum absolute atomic E-state index is 12.3. The Hall–Kier alpha value is -1.44. The van der Waals surface area contributed by atoms with E-state index in [0.717, 1.165) is 0 Å². The average molecular weight is 335 g/mol. The summed E-state index contributed by atoms with van der Waals surface area (Å²) in [6, 6.07) is 2.65. The van der Waals surface area contributed by atoms with Gasteiger partial charge in [0.1, 0.15) is 4.90 Å². The van der Waals surface area contributed by atoms with E-state index in [1.165, 1.54) is 18.3 Å². The van der Waals surface area contributed by atoms with Crippen molar-refractivity contribution in [1.82, 2.24) is 9.78 Å². The molecule has 0 aliphatic carbocycles. The van der Waals surface area contributed by atoms with Crippen LogP contribution < -0.4 is 10.5 Å². The normalized spacial score (nSPS) is 11.6. The molecule has 0 spiro atoms. The zero-order chi connectivity index (χ0) is 14.9. The van der Waals surface area contributed by atoms with Crippen molar-refractivity contribution in [2.45, 2.75) is 18.4 Å². The Kier molecular flexibility index (Phi) is 4.12. The predicted molar refractivity (Wildman–Crippen MR) is 79.6 cm³/mol. The van der Waals surface area contributed by atoms with E-state index in [-0.39, 0.29) is 20.6 Å². The lowest BCUT2D eigenvalue weighted by atomic mass is 10.3. The third kappa shape index (κ3) is 3.00. The van der Waals surface area contributed by atoms with Gasteiger partial charge in [-0.2, -0.15) is 5.10 Å². The SMILES string of the molecule is CCn1cc(NS(=O)(=O)c2c(N)cc(Cl)cc2Cl)cn1. The van der Waals surface area contributed by atoms with E-state index in [2.05, 4.69) is 9.82 Å². The van der Waals surface area contributed by atoms with E-state index in [1.54, 1.807) is 10.9 Å². The Labute approximate surface area is 126 Å². The van der Waals surface area contributed by atoms with Crippen LogP contribution in [0.5, 0.6) is 0 Å². The molecule has 0 saturated carbocycles. The molecule has 9 heteroatoms. The van der Waals surface area contributed by atoms with E-state index in [1.807, 2.05) is 6.92 Å². The van der Waals surface area contributed by atoms with Gasteiger partial charge in [-0.1, -0.05) is 23.2 Å². The summed E-state index contributed by atoms with van der Waals surface area (Å²) in [5, 5.41) is 4.21. The average Bonchev–Trinajstić information content (AvgIpc) is 2.73. The maximum Gasteiger partial charge on any atom is 0.265 e. The highest BCUT2D eigenvalue weighted by Crippen LogP contribution is 2.32. The van der Waals surface area contributed by atoms with Gasteiger partial charge in [0.05, 0.1) is 22.6 Å². The van der Waals surface area contributed by atoms with Crippen LogP contribution in [0.4, 0.5) is 11.4 Å². The molecular formula is C11H12Cl2N4O2S. The minimum Gasteiger partial charge on any atom is -0.398 e. The molecule has 2 rings (SSSR count). The lowest BCUT2D eigenvalue weighted by Gasteiger charge is -2.10. The molecule has 0 amide bonds. The van der Waals surface area contributed by atoms with Crippen molar-refractivity contribution in [2.75, 3.05) is 10.5 Å². The van der Waals surface area contributed by atoms with E-state index < -0.39 is 10.0 Å². The van der Waals surface area contributed by atoms with Crippen LogP contribution >= 0.6 is 23.2 Å².